The van der Waals surface area contributed by atoms with E-state index in [2.05, 4.69) is 15.5 Å². The number of hydrogen-bond donors (Lipinski definition) is 1. The molecule has 4 aromatic rings. The van der Waals surface area contributed by atoms with Gasteiger partial charge in [0.05, 0.1) is 27.2 Å². The number of amides is 1. The normalized spacial score (nSPS) is 11.1. The van der Waals surface area contributed by atoms with Gasteiger partial charge in [-0.1, -0.05) is 23.0 Å². The Kier molecular flexibility index (Phi) is 6.47. The maximum atomic E-state index is 12.8. The Balaban J connectivity index is 1.46. The topological polar surface area (TPSA) is 94.3 Å². The Hall–Kier alpha value is -3.31. The van der Waals surface area contributed by atoms with Crippen LogP contribution in [0.4, 0.5) is 14.5 Å². The number of anilines is 1. The highest BCUT2D eigenvalue weighted by molar-refractivity contribution is 7.99. The first-order valence-corrected chi connectivity index (χ1v) is 11.0. The quantitative estimate of drug-likeness (QED) is 0.284. The summed E-state index contributed by atoms with van der Waals surface area (Å²) in [6, 6.07) is 11.2. The molecular weight excluding hydrogens is 460 g/mol. The molecule has 3 aromatic heterocycles. The number of fused-ring (bicyclic) bond motifs is 1. The van der Waals surface area contributed by atoms with Crippen molar-refractivity contribution in [2.45, 2.75) is 17.6 Å². The van der Waals surface area contributed by atoms with Gasteiger partial charge in [0.25, 0.3) is 17.4 Å². The third-order valence-corrected chi connectivity index (χ3v) is 5.92. The number of thioether (sulfide) groups is 1. The highest BCUT2D eigenvalue weighted by Crippen LogP contribution is 2.30. The van der Waals surface area contributed by atoms with Gasteiger partial charge in [-0.15, -0.1) is 11.3 Å². The molecule has 0 aliphatic carbocycles. The number of esters is 1. The molecule has 164 valence electrons. The van der Waals surface area contributed by atoms with Crippen LogP contribution in [0.1, 0.15) is 16.1 Å². The molecule has 0 fully saturated rings. The number of pyridine rings is 1. The second kappa shape index (κ2) is 9.45. The van der Waals surface area contributed by atoms with Gasteiger partial charge in [0.2, 0.25) is 0 Å². The van der Waals surface area contributed by atoms with E-state index in [0.29, 0.717) is 39.1 Å². The van der Waals surface area contributed by atoms with E-state index in [9.17, 15) is 18.4 Å². The van der Waals surface area contributed by atoms with Crippen molar-refractivity contribution in [1.82, 2.24) is 10.1 Å². The van der Waals surface area contributed by atoms with Gasteiger partial charge >= 0.3 is 5.97 Å². The van der Waals surface area contributed by atoms with E-state index in [0.717, 1.165) is 4.88 Å². The van der Waals surface area contributed by atoms with Crippen molar-refractivity contribution in [3.05, 3.63) is 59.1 Å². The van der Waals surface area contributed by atoms with Crippen LogP contribution in [-0.4, -0.2) is 34.4 Å². The van der Waals surface area contributed by atoms with E-state index in [1.807, 2.05) is 17.5 Å². The van der Waals surface area contributed by atoms with Gasteiger partial charge in [0, 0.05) is 10.6 Å². The number of carbonyl (C=O) groups is 2. The Morgan fingerprint density at radius 3 is 2.72 bits per heavy atom. The highest BCUT2D eigenvalue weighted by Gasteiger charge is 2.21. The van der Waals surface area contributed by atoms with Crippen LogP contribution in [0.25, 0.3) is 21.7 Å². The Labute approximate surface area is 188 Å². The van der Waals surface area contributed by atoms with E-state index in [-0.39, 0.29) is 11.3 Å². The number of aryl methyl sites for hydroxylation is 1. The number of aromatic nitrogens is 2. The van der Waals surface area contributed by atoms with Crippen molar-refractivity contribution in [3.63, 3.8) is 0 Å². The fourth-order valence-corrected chi connectivity index (χ4v) is 4.12. The number of halogens is 2. The smallest absolute Gasteiger partial charge is 0.339 e. The molecule has 1 aromatic carbocycles. The third kappa shape index (κ3) is 4.94. The van der Waals surface area contributed by atoms with Gasteiger partial charge in [-0.3, -0.25) is 4.79 Å². The molecule has 1 amide bonds. The molecule has 0 saturated carbocycles. The first-order chi connectivity index (χ1) is 15.4. The molecule has 3 heterocycles. The van der Waals surface area contributed by atoms with Crippen LogP contribution in [0.5, 0.6) is 0 Å². The number of ether oxygens (including phenoxy) is 1. The summed E-state index contributed by atoms with van der Waals surface area (Å²) in [7, 11) is 0. The number of carbonyl (C=O) groups excluding carboxylic acids is 2. The highest BCUT2D eigenvalue weighted by atomic mass is 32.2. The molecule has 0 saturated heterocycles. The number of nitrogens with zero attached hydrogens (tertiary/aromatic N) is 2. The van der Waals surface area contributed by atoms with E-state index in [1.54, 1.807) is 13.0 Å². The Morgan fingerprint density at radius 1 is 1.25 bits per heavy atom. The summed E-state index contributed by atoms with van der Waals surface area (Å²) in [4.78, 5) is 30.6. The summed E-state index contributed by atoms with van der Waals surface area (Å²) < 4.78 is 35.2. The zero-order chi connectivity index (χ0) is 22.7. The van der Waals surface area contributed by atoms with E-state index < -0.39 is 24.2 Å². The first-order valence-electron chi connectivity index (χ1n) is 9.23. The third-order valence-electron chi connectivity index (χ3n) is 4.31. The minimum atomic E-state index is -2.52. The first kappa shape index (κ1) is 21.9. The molecule has 1 N–H and O–H groups in total. The summed E-state index contributed by atoms with van der Waals surface area (Å²) in [5, 5.41) is 8.72. The van der Waals surface area contributed by atoms with Gasteiger partial charge in [-0.2, -0.15) is 8.78 Å². The number of benzene rings is 1. The molecule has 0 atom stereocenters. The predicted octanol–water partition coefficient (Wildman–Crippen LogP) is 5.37. The molecule has 0 spiro atoms. The van der Waals surface area contributed by atoms with E-state index in [1.165, 1.54) is 35.6 Å². The molecule has 32 heavy (non-hydrogen) atoms. The predicted molar refractivity (Wildman–Crippen MR) is 117 cm³/mol. The lowest BCUT2D eigenvalue weighted by atomic mass is 10.1. The van der Waals surface area contributed by atoms with Crippen molar-refractivity contribution < 1.29 is 27.6 Å². The molecule has 0 radical (unpaired) electrons. The molecule has 7 nitrogen and oxygen atoms in total. The van der Waals surface area contributed by atoms with Gasteiger partial charge in [-0.05, 0) is 48.7 Å². The lowest BCUT2D eigenvalue weighted by Gasteiger charge is -2.09. The molecule has 0 bridgehead atoms. The van der Waals surface area contributed by atoms with Gasteiger partial charge in [0.15, 0.2) is 6.61 Å². The number of hydrogen-bond acceptors (Lipinski definition) is 8. The molecular formula is C21H15F2N3O4S2. The lowest BCUT2D eigenvalue weighted by Crippen LogP contribution is -2.21. The molecule has 4 rings (SSSR count). The van der Waals surface area contributed by atoms with Crippen molar-refractivity contribution in [1.29, 1.82) is 0 Å². The molecule has 0 aliphatic rings. The Bertz CT molecular complexity index is 1260. The van der Waals surface area contributed by atoms with E-state index >= 15 is 0 Å². The van der Waals surface area contributed by atoms with Crippen LogP contribution in [0.2, 0.25) is 0 Å². The summed E-state index contributed by atoms with van der Waals surface area (Å²) in [5.74, 6) is -3.82. The minimum Gasteiger partial charge on any atom is -0.452 e. The zero-order valence-corrected chi connectivity index (χ0v) is 18.1. The number of nitrogens with one attached hydrogen (secondary N) is 1. The van der Waals surface area contributed by atoms with Crippen molar-refractivity contribution in [2.75, 3.05) is 11.9 Å². The average molecular weight is 475 g/mol. The molecule has 0 aliphatic heterocycles. The maximum absolute atomic E-state index is 12.8. The fourth-order valence-electron chi connectivity index (χ4n) is 2.93. The van der Waals surface area contributed by atoms with Crippen molar-refractivity contribution in [3.8, 4) is 10.6 Å². The minimum absolute atomic E-state index is 0.193. The van der Waals surface area contributed by atoms with Gasteiger partial charge in [0.1, 0.15) is 0 Å². The van der Waals surface area contributed by atoms with E-state index in [4.69, 9.17) is 9.26 Å². The monoisotopic (exact) mass is 475 g/mol. The molecule has 0 unspecified atom stereocenters. The zero-order valence-electron chi connectivity index (χ0n) is 16.5. The number of thiophene rings is 1. The average Bonchev–Trinajstić information content (AvgIpc) is 3.43. The van der Waals surface area contributed by atoms with Crippen LogP contribution < -0.4 is 5.32 Å². The summed E-state index contributed by atoms with van der Waals surface area (Å²) >= 11 is 1.86. The summed E-state index contributed by atoms with van der Waals surface area (Å²) in [6.07, 6.45) is 0. The number of rotatable bonds is 7. The second-order valence-electron chi connectivity index (χ2n) is 6.51. The van der Waals surface area contributed by atoms with Crippen molar-refractivity contribution >= 4 is 51.8 Å². The van der Waals surface area contributed by atoms with Crippen LogP contribution in [0.15, 0.2) is 57.3 Å². The van der Waals surface area contributed by atoms with Crippen LogP contribution in [0, 0.1) is 6.92 Å². The lowest BCUT2D eigenvalue weighted by molar-refractivity contribution is -0.119. The fraction of sp³-hybridized carbons (Fsp3) is 0.143. The summed E-state index contributed by atoms with van der Waals surface area (Å²) in [5.41, 5.74) is 1.79. The Morgan fingerprint density at radius 2 is 2.03 bits per heavy atom. The van der Waals surface area contributed by atoms with Gasteiger partial charge in [-0.25, -0.2) is 9.78 Å². The second-order valence-corrected chi connectivity index (χ2v) is 8.52. The number of alkyl halides is 2. The maximum Gasteiger partial charge on any atom is 0.339 e. The largest absolute Gasteiger partial charge is 0.452 e. The van der Waals surface area contributed by atoms with Crippen LogP contribution in [-0.2, 0) is 9.53 Å². The van der Waals surface area contributed by atoms with Crippen LogP contribution >= 0.6 is 23.1 Å². The molecule has 11 heteroatoms. The standard InChI is InChI=1S/C21H15F2N3O4S2/c1-11-18-14(9-15(16-3-2-8-31-16)25-19(18)30-26-11)20(28)29-10-17(27)24-12-4-6-13(7-5-12)32-21(22)23/h2-9,21H,10H2,1H3,(H,24,27). The summed E-state index contributed by atoms with van der Waals surface area (Å²) in [6.45, 7) is 1.15. The van der Waals surface area contributed by atoms with Crippen molar-refractivity contribution in [2.24, 2.45) is 0 Å². The van der Waals surface area contributed by atoms with Gasteiger partial charge < -0.3 is 14.6 Å². The SMILES string of the molecule is Cc1noc2nc(-c3cccs3)cc(C(=O)OCC(=O)Nc3ccc(SC(F)F)cc3)c12. The van der Waals surface area contributed by atoms with Crippen LogP contribution in [0.3, 0.4) is 0 Å².